The van der Waals surface area contributed by atoms with Crippen LogP contribution in [0.25, 0.3) is 0 Å². The van der Waals surface area contributed by atoms with Crippen LogP contribution in [0.4, 0.5) is 0 Å². The molecule has 1 saturated heterocycles. The molecule has 4 nitrogen and oxygen atoms in total. The Hall–Kier alpha value is -1.84. The Morgan fingerprint density at radius 3 is 2.57 bits per heavy atom. The second-order valence-electron chi connectivity index (χ2n) is 6.32. The summed E-state index contributed by atoms with van der Waals surface area (Å²) < 4.78 is 0. The van der Waals surface area contributed by atoms with Crippen LogP contribution in [0.2, 0.25) is 0 Å². The largest absolute Gasteiger partial charge is 0.478 e. The fraction of sp³-hybridized carbons (Fsp3) is 0.529. The number of aromatic carboxylic acids is 1. The maximum Gasteiger partial charge on any atom is 0.335 e. The summed E-state index contributed by atoms with van der Waals surface area (Å²) in [6.07, 6.45) is 3.07. The monoisotopic (exact) mass is 289 g/mol. The molecule has 1 aliphatic rings. The van der Waals surface area contributed by atoms with Gasteiger partial charge in [0.2, 0.25) is 0 Å². The summed E-state index contributed by atoms with van der Waals surface area (Å²) in [7, 11) is 0. The molecule has 1 atom stereocenters. The summed E-state index contributed by atoms with van der Waals surface area (Å²) in [6, 6.07) is 5.14. The van der Waals surface area contributed by atoms with E-state index in [0.717, 1.165) is 31.4 Å². The summed E-state index contributed by atoms with van der Waals surface area (Å²) in [5, 5.41) is 9.13. The van der Waals surface area contributed by atoms with E-state index in [1.54, 1.807) is 12.1 Å². The Balaban J connectivity index is 2.25. The van der Waals surface area contributed by atoms with Crippen molar-refractivity contribution in [3.8, 4) is 0 Å². The van der Waals surface area contributed by atoms with Gasteiger partial charge in [-0.15, -0.1) is 0 Å². The molecule has 1 N–H and O–H groups in total. The first-order valence-corrected chi connectivity index (χ1v) is 7.54. The number of carboxylic acid groups (broad SMARTS) is 1. The lowest BCUT2D eigenvalue weighted by Crippen LogP contribution is -2.36. The van der Waals surface area contributed by atoms with Crippen LogP contribution in [0.1, 0.15) is 59.4 Å². The summed E-state index contributed by atoms with van der Waals surface area (Å²) >= 11 is 0. The molecule has 1 amide bonds. The lowest BCUT2D eigenvalue weighted by Gasteiger charge is -2.26. The third-order valence-corrected chi connectivity index (χ3v) is 3.95. The summed E-state index contributed by atoms with van der Waals surface area (Å²) in [5.41, 5.74) is 1.47. The van der Waals surface area contributed by atoms with Crippen LogP contribution in [0.3, 0.4) is 0 Å². The Morgan fingerprint density at radius 2 is 1.95 bits per heavy atom. The molecule has 1 aliphatic heterocycles. The van der Waals surface area contributed by atoms with E-state index in [1.165, 1.54) is 6.07 Å². The molecular formula is C17H23NO3. The highest BCUT2D eigenvalue weighted by atomic mass is 16.4. The van der Waals surface area contributed by atoms with Crippen LogP contribution in [-0.4, -0.2) is 34.5 Å². The highest BCUT2D eigenvalue weighted by Crippen LogP contribution is 2.25. The Labute approximate surface area is 125 Å². The van der Waals surface area contributed by atoms with Gasteiger partial charge in [0.15, 0.2) is 0 Å². The number of likely N-dealkylation sites (tertiary alicyclic amines) is 1. The normalized spacial score (nSPS) is 18.3. The van der Waals surface area contributed by atoms with E-state index in [4.69, 9.17) is 5.11 Å². The van der Waals surface area contributed by atoms with E-state index in [-0.39, 0.29) is 17.5 Å². The maximum atomic E-state index is 12.7. The van der Waals surface area contributed by atoms with Gasteiger partial charge in [-0.05, 0) is 55.9 Å². The molecule has 0 aliphatic carbocycles. The number of benzene rings is 1. The first-order valence-electron chi connectivity index (χ1n) is 7.54. The van der Waals surface area contributed by atoms with E-state index in [9.17, 15) is 9.59 Å². The zero-order valence-corrected chi connectivity index (χ0v) is 12.9. The van der Waals surface area contributed by atoms with Gasteiger partial charge in [0.1, 0.15) is 0 Å². The molecule has 4 heteroatoms. The Kier molecular flexibility index (Phi) is 4.66. The average molecular weight is 289 g/mol. The van der Waals surface area contributed by atoms with Crippen LogP contribution in [0.15, 0.2) is 18.2 Å². The van der Waals surface area contributed by atoms with E-state index in [2.05, 4.69) is 13.8 Å². The number of rotatable bonds is 4. The predicted octanol–water partition coefficient (Wildman–Crippen LogP) is 3.34. The van der Waals surface area contributed by atoms with Crippen molar-refractivity contribution in [2.24, 2.45) is 5.92 Å². The number of hydrogen-bond donors (Lipinski definition) is 1. The van der Waals surface area contributed by atoms with Crippen molar-refractivity contribution in [1.29, 1.82) is 0 Å². The standard InChI is InChI=1S/C17H23NO3/c1-11(2)7-15-5-4-6-18(15)16(19)13-8-12(3)9-14(10-13)17(20)21/h8-11,15H,4-7H2,1-3H3,(H,20,21)/t15-/m1/s1. The van der Waals surface area contributed by atoms with Crippen molar-refractivity contribution in [3.63, 3.8) is 0 Å². The third kappa shape index (κ3) is 3.63. The molecule has 1 fully saturated rings. The van der Waals surface area contributed by atoms with Gasteiger partial charge in [0, 0.05) is 18.2 Å². The van der Waals surface area contributed by atoms with Gasteiger partial charge < -0.3 is 10.0 Å². The maximum absolute atomic E-state index is 12.7. The molecule has 114 valence electrons. The van der Waals surface area contributed by atoms with Gasteiger partial charge in [-0.2, -0.15) is 0 Å². The number of carbonyl (C=O) groups is 2. The fourth-order valence-corrected chi connectivity index (χ4v) is 3.09. The molecule has 1 aromatic rings. The Bertz CT molecular complexity index is 551. The molecule has 0 radical (unpaired) electrons. The molecule has 21 heavy (non-hydrogen) atoms. The zero-order chi connectivity index (χ0) is 15.6. The summed E-state index contributed by atoms with van der Waals surface area (Å²) in [4.78, 5) is 25.8. The lowest BCUT2D eigenvalue weighted by molar-refractivity contribution is 0.0696. The van der Waals surface area contributed by atoms with Gasteiger partial charge in [-0.1, -0.05) is 13.8 Å². The number of carboxylic acids is 1. The lowest BCUT2D eigenvalue weighted by atomic mass is 10.0. The van der Waals surface area contributed by atoms with Crippen molar-refractivity contribution in [1.82, 2.24) is 4.90 Å². The van der Waals surface area contributed by atoms with Crippen LogP contribution in [0.5, 0.6) is 0 Å². The Morgan fingerprint density at radius 1 is 1.29 bits per heavy atom. The molecule has 0 aromatic heterocycles. The SMILES string of the molecule is Cc1cc(C(=O)O)cc(C(=O)N2CCC[C@@H]2CC(C)C)c1. The van der Waals surface area contributed by atoms with Crippen molar-refractivity contribution >= 4 is 11.9 Å². The molecule has 1 heterocycles. The number of hydrogen-bond acceptors (Lipinski definition) is 2. The highest BCUT2D eigenvalue weighted by Gasteiger charge is 2.30. The highest BCUT2D eigenvalue weighted by molar-refractivity contribution is 5.98. The molecule has 0 spiro atoms. The van der Waals surface area contributed by atoms with Crippen LogP contribution in [-0.2, 0) is 0 Å². The molecule has 2 rings (SSSR count). The molecule has 0 saturated carbocycles. The minimum absolute atomic E-state index is 0.0376. The van der Waals surface area contributed by atoms with E-state index >= 15 is 0 Å². The van der Waals surface area contributed by atoms with Gasteiger partial charge in [0.25, 0.3) is 5.91 Å². The van der Waals surface area contributed by atoms with Gasteiger partial charge in [0.05, 0.1) is 5.56 Å². The van der Waals surface area contributed by atoms with Crippen LogP contribution < -0.4 is 0 Å². The second kappa shape index (κ2) is 6.29. The minimum atomic E-state index is -0.993. The first kappa shape index (κ1) is 15.5. The molecule has 0 unspecified atom stereocenters. The van der Waals surface area contributed by atoms with E-state index < -0.39 is 5.97 Å². The van der Waals surface area contributed by atoms with Gasteiger partial charge in [-0.3, -0.25) is 4.79 Å². The molecule has 0 bridgehead atoms. The number of aryl methyl sites for hydroxylation is 1. The van der Waals surface area contributed by atoms with Crippen molar-refractivity contribution in [2.75, 3.05) is 6.54 Å². The molecular weight excluding hydrogens is 266 g/mol. The quantitative estimate of drug-likeness (QED) is 0.924. The van der Waals surface area contributed by atoms with Gasteiger partial charge >= 0.3 is 5.97 Å². The molecule has 1 aromatic carbocycles. The van der Waals surface area contributed by atoms with E-state index in [1.807, 2.05) is 11.8 Å². The van der Waals surface area contributed by atoms with Crippen molar-refractivity contribution in [3.05, 3.63) is 34.9 Å². The number of carbonyl (C=O) groups excluding carboxylic acids is 1. The number of nitrogens with zero attached hydrogens (tertiary/aromatic N) is 1. The minimum Gasteiger partial charge on any atom is -0.478 e. The average Bonchev–Trinajstić information content (AvgIpc) is 2.84. The van der Waals surface area contributed by atoms with Crippen LogP contribution in [0, 0.1) is 12.8 Å². The fourth-order valence-electron chi connectivity index (χ4n) is 3.09. The van der Waals surface area contributed by atoms with Crippen molar-refractivity contribution in [2.45, 2.75) is 46.1 Å². The summed E-state index contributed by atoms with van der Waals surface area (Å²) in [5.74, 6) is -0.479. The topological polar surface area (TPSA) is 57.6 Å². The smallest absolute Gasteiger partial charge is 0.335 e. The zero-order valence-electron chi connectivity index (χ0n) is 12.9. The second-order valence-corrected chi connectivity index (χ2v) is 6.32. The van der Waals surface area contributed by atoms with E-state index in [0.29, 0.717) is 11.5 Å². The predicted molar refractivity (Wildman–Crippen MR) is 81.7 cm³/mol. The van der Waals surface area contributed by atoms with Crippen molar-refractivity contribution < 1.29 is 14.7 Å². The van der Waals surface area contributed by atoms with Gasteiger partial charge in [-0.25, -0.2) is 4.79 Å². The van der Waals surface area contributed by atoms with Crippen LogP contribution >= 0.6 is 0 Å². The first-order chi connectivity index (χ1) is 9.88. The number of amides is 1. The summed E-state index contributed by atoms with van der Waals surface area (Å²) in [6.45, 7) is 6.91. The third-order valence-electron chi connectivity index (χ3n) is 3.95.